The van der Waals surface area contributed by atoms with E-state index in [1.807, 2.05) is 6.07 Å². The van der Waals surface area contributed by atoms with Crippen molar-refractivity contribution < 1.29 is 0 Å². The Balaban J connectivity index is 2.17. The van der Waals surface area contributed by atoms with Gasteiger partial charge in [-0.1, -0.05) is 0 Å². The van der Waals surface area contributed by atoms with Gasteiger partial charge in [-0.05, 0) is 18.2 Å². The van der Waals surface area contributed by atoms with Crippen LogP contribution < -0.4 is 5.73 Å². The third-order valence-corrected chi connectivity index (χ3v) is 2.43. The van der Waals surface area contributed by atoms with E-state index >= 15 is 0 Å². The van der Waals surface area contributed by atoms with Gasteiger partial charge in [0.05, 0.1) is 10.9 Å². The first-order valence-electron chi connectivity index (χ1n) is 4.01. The summed E-state index contributed by atoms with van der Waals surface area (Å²) in [6.45, 7) is 0. The molecule has 0 saturated carbocycles. The first-order valence-corrected chi connectivity index (χ1v) is 4.99. The van der Waals surface area contributed by atoms with Crippen molar-refractivity contribution >= 4 is 17.6 Å². The predicted octanol–water partition coefficient (Wildman–Crippen LogP) is 1.28. The van der Waals surface area contributed by atoms with E-state index in [1.165, 1.54) is 6.33 Å². The van der Waals surface area contributed by atoms with Gasteiger partial charge in [-0.25, -0.2) is 9.97 Å². The highest BCUT2D eigenvalue weighted by molar-refractivity contribution is 7.99. The summed E-state index contributed by atoms with van der Waals surface area (Å²) in [6, 6.07) is 1.87. The highest BCUT2D eigenvalue weighted by Gasteiger charge is 1.95. The number of thioether (sulfide) groups is 1. The summed E-state index contributed by atoms with van der Waals surface area (Å²) in [6.07, 6.45) is 4.84. The summed E-state index contributed by atoms with van der Waals surface area (Å²) in [5, 5.41) is 7.99. The molecule has 0 aliphatic carbocycles. The number of nitrogens with one attached hydrogen (secondary N) is 1. The molecule has 1 heterocycles. The number of nitrogens with zero attached hydrogens (tertiary/aromatic N) is 2. The standard InChI is InChI=1S/C8H12N4S/c9-7(10)2-1-5-13-8-3-4-11-6-12-8/h3-4,6H,1-2,5H2,(H3,9,10). The number of rotatable bonds is 5. The van der Waals surface area contributed by atoms with Crippen molar-refractivity contribution in [2.75, 3.05) is 5.75 Å². The summed E-state index contributed by atoms with van der Waals surface area (Å²) >= 11 is 1.66. The van der Waals surface area contributed by atoms with E-state index in [0.717, 1.165) is 17.2 Å². The van der Waals surface area contributed by atoms with Gasteiger partial charge >= 0.3 is 0 Å². The minimum absolute atomic E-state index is 0.253. The van der Waals surface area contributed by atoms with Crippen molar-refractivity contribution in [2.24, 2.45) is 5.73 Å². The van der Waals surface area contributed by atoms with E-state index < -0.39 is 0 Å². The molecule has 0 amide bonds. The molecule has 0 spiro atoms. The summed E-state index contributed by atoms with van der Waals surface area (Å²) in [4.78, 5) is 7.89. The van der Waals surface area contributed by atoms with Crippen molar-refractivity contribution in [3.05, 3.63) is 18.6 Å². The fraction of sp³-hybridized carbons (Fsp3) is 0.375. The minimum Gasteiger partial charge on any atom is -0.388 e. The summed E-state index contributed by atoms with van der Waals surface area (Å²) in [5.74, 6) is 1.19. The SMILES string of the molecule is N=C(N)CCCSc1ccncn1. The monoisotopic (exact) mass is 196 g/mol. The maximum atomic E-state index is 7.02. The normalized spacial score (nSPS) is 9.85. The third-order valence-electron chi connectivity index (χ3n) is 1.40. The summed E-state index contributed by atoms with van der Waals surface area (Å²) in [5.41, 5.74) is 5.22. The molecule has 0 aromatic carbocycles. The number of hydrogen-bond donors (Lipinski definition) is 2. The molecule has 0 fully saturated rings. The lowest BCUT2D eigenvalue weighted by molar-refractivity contribution is 0.979. The molecule has 0 radical (unpaired) electrons. The predicted molar refractivity (Wildman–Crippen MR) is 53.9 cm³/mol. The Labute approximate surface area is 81.5 Å². The Hall–Kier alpha value is -1.10. The molecule has 1 aromatic heterocycles. The van der Waals surface area contributed by atoms with Crippen LogP contribution in [-0.4, -0.2) is 21.6 Å². The molecule has 1 aromatic rings. The molecule has 1 rings (SSSR count). The zero-order valence-electron chi connectivity index (χ0n) is 7.23. The van der Waals surface area contributed by atoms with Crippen LogP contribution in [0.15, 0.2) is 23.6 Å². The van der Waals surface area contributed by atoms with Crippen molar-refractivity contribution in [1.29, 1.82) is 5.41 Å². The van der Waals surface area contributed by atoms with Crippen LogP contribution >= 0.6 is 11.8 Å². The fourth-order valence-corrected chi connectivity index (χ4v) is 1.58. The molecule has 0 atom stereocenters. The Morgan fingerprint density at radius 1 is 1.62 bits per heavy atom. The zero-order valence-corrected chi connectivity index (χ0v) is 8.05. The smallest absolute Gasteiger partial charge is 0.116 e. The van der Waals surface area contributed by atoms with Gasteiger partial charge in [-0.15, -0.1) is 11.8 Å². The van der Waals surface area contributed by atoms with E-state index in [-0.39, 0.29) is 5.84 Å². The van der Waals surface area contributed by atoms with Crippen LogP contribution in [0.3, 0.4) is 0 Å². The van der Waals surface area contributed by atoms with Gasteiger partial charge in [-0.3, -0.25) is 5.41 Å². The van der Waals surface area contributed by atoms with Crippen LogP contribution in [0, 0.1) is 5.41 Å². The zero-order chi connectivity index (χ0) is 9.52. The van der Waals surface area contributed by atoms with E-state index in [4.69, 9.17) is 11.1 Å². The lowest BCUT2D eigenvalue weighted by Gasteiger charge is -1.98. The van der Waals surface area contributed by atoms with Crippen LogP contribution in [0.4, 0.5) is 0 Å². The Morgan fingerprint density at radius 2 is 2.46 bits per heavy atom. The van der Waals surface area contributed by atoms with E-state index in [9.17, 15) is 0 Å². The molecular formula is C8H12N4S. The molecule has 3 N–H and O–H groups in total. The topological polar surface area (TPSA) is 75.7 Å². The van der Waals surface area contributed by atoms with Crippen molar-refractivity contribution in [3.8, 4) is 0 Å². The van der Waals surface area contributed by atoms with Gasteiger partial charge in [0.15, 0.2) is 0 Å². The largest absolute Gasteiger partial charge is 0.388 e. The molecule has 0 bridgehead atoms. The second-order valence-corrected chi connectivity index (χ2v) is 3.64. The maximum absolute atomic E-state index is 7.02. The van der Waals surface area contributed by atoms with Crippen LogP contribution in [-0.2, 0) is 0 Å². The highest BCUT2D eigenvalue weighted by Crippen LogP contribution is 2.14. The lowest BCUT2D eigenvalue weighted by atomic mass is 10.3. The van der Waals surface area contributed by atoms with Crippen molar-refractivity contribution in [2.45, 2.75) is 17.9 Å². The van der Waals surface area contributed by atoms with Gasteiger partial charge in [0.2, 0.25) is 0 Å². The van der Waals surface area contributed by atoms with Crippen molar-refractivity contribution in [1.82, 2.24) is 9.97 Å². The molecule has 5 heteroatoms. The minimum atomic E-state index is 0.253. The van der Waals surface area contributed by atoms with Crippen LogP contribution in [0.1, 0.15) is 12.8 Å². The Morgan fingerprint density at radius 3 is 3.08 bits per heavy atom. The van der Waals surface area contributed by atoms with E-state index in [2.05, 4.69) is 9.97 Å². The number of aromatic nitrogens is 2. The van der Waals surface area contributed by atoms with Gasteiger partial charge in [-0.2, -0.15) is 0 Å². The van der Waals surface area contributed by atoms with Crippen LogP contribution in [0.25, 0.3) is 0 Å². The molecule has 0 unspecified atom stereocenters. The number of hydrogen-bond acceptors (Lipinski definition) is 4. The quantitative estimate of drug-likeness (QED) is 0.244. The number of nitrogens with two attached hydrogens (primary N) is 1. The average molecular weight is 196 g/mol. The fourth-order valence-electron chi connectivity index (χ4n) is 0.803. The molecule has 70 valence electrons. The molecule has 0 aliphatic rings. The Bertz CT molecular complexity index is 262. The molecule has 4 nitrogen and oxygen atoms in total. The highest BCUT2D eigenvalue weighted by atomic mass is 32.2. The van der Waals surface area contributed by atoms with Gasteiger partial charge in [0.1, 0.15) is 6.33 Å². The first-order chi connectivity index (χ1) is 6.29. The van der Waals surface area contributed by atoms with Crippen molar-refractivity contribution in [3.63, 3.8) is 0 Å². The maximum Gasteiger partial charge on any atom is 0.116 e. The lowest BCUT2D eigenvalue weighted by Crippen LogP contribution is -2.08. The van der Waals surface area contributed by atoms with Gasteiger partial charge in [0, 0.05) is 12.6 Å². The second kappa shape index (κ2) is 5.53. The van der Waals surface area contributed by atoms with Crippen LogP contribution in [0.2, 0.25) is 0 Å². The molecule has 0 saturated heterocycles. The summed E-state index contributed by atoms with van der Waals surface area (Å²) in [7, 11) is 0. The average Bonchev–Trinajstić information content (AvgIpc) is 2.14. The molecule has 13 heavy (non-hydrogen) atoms. The third kappa shape index (κ3) is 4.47. The van der Waals surface area contributed by atoms with E-state index in [0.29, 0.717) is 6.42 Å². The molecule has 0 aliphatic heterocycles. The second-order valence-electron chi connectivity index (χ2n) is 2.52. The molecular weight excluding hydrogens is 184 g/mol. The first kappa shape index (κ1) is 9.98. The summed E-state index contributed by atoms with van der Waals surface area (Å²) < 4.78 is 0. The number of amidine groups is 1. The van der Waals surface area contributed by atoms with Gasteiger partial charge < -0.3 is 5.73 Å². The van der Waals surface area contributed by atoms with Gasteiger partial charge in [0.25, 0.3) is 0 Å². The van der Waals surface area contributed by atoms with Crippen LogP contribution in [0.5, 0.6) is 0 Å². The Kier molecular flexibility index (Phi) is 4.25. The van der Waals surface area contributed by atoms with E-state index in [1.54, 1.807) is 18.0 Å².